The number of fused-ring (bicyclic) bond motifs is 1. The summed E-state index contributed by atoms with van der Waals surface area (Å²) in [6.07, 6.45) is 7.12. The number of piperidine rings is 1. The van der Waals surface area contributed by atoms with Crippen LogP contribution in [0.2, 0.25) is 0 Å². The number of H-pyrrole nitrogens is 2. The molecule has 1 aromatic carbocycles. The van der Waals surface area contributed by atoms with Crippen LogP contribution in [-0.2, 0) is 0 Å². The molecule has 6 rings (SSSR count). The average Bonchev–Trinajstić information content (AvgIpc) is 3.53. The molecule has 176 valence electrons. The fourth-order valence-corrected chi connectivity index (χ4v) is 4.82. The van der Waals surface area contributed by atoms with E-state index in [1.165, 1.54) is 5.56 Å². The summed E-state index contributed by atoms with van der Waals surface area (Å²) in [4.78, 5) is 31.7. The monoisotopic (exact) mass is 466 g/mol. The lowest BCUT2D eigenvalue weighted by molar-refractivity contribution is 0.380. The van der Waals surface area contributed by atoms with Gasteiger partial charge in [-0.05, 0) is 31.4 Å². The zero-order valence-electron chi connectivity index (χ0n) is 19.7. The summed E-state index contributed by atoms with van der Waals surface area (Å²) in [6.45, 7) is 3.89. The number of ether oxygens (including phenoxy) is 1. The maximum atomic E-state index is 5.07. The molecular weight excluding hydrogens is 440 g/mol. The van der Waals surface area contributed by atoms with Gasteiger partial charge in [0.25, 0.3) is 0 Å². The van der Waals surface area contributed by atoms with Crippen LogP contribution < -0.4 is 9.64 Å². The van der Waals surface area contributed by atoms with Crippen LogP contribution in [0.25, 0.3) is 33.5 Å². The van der Waals surface area contributed by atoms with E-state index in [0.29, 0.717) is 11.9 Å². The summed E-state index contributed by atoms with van der Waals surface area (Å²) in [7, 11) is 1.55. The summed E-state index contributed by atoms with van der Waals surface area (Å²) >= 11 is 0. The molecule has 1 saturated heterocycles. The first-order chi connectivity index (χ1) is 17.2. The third-order valence-electron chi connectivity index (χ3n) is 6.67. The van der Waals surface area contributed by atoms with Crippen molar-refractivity contribution < 1.29 is 4.74 Å². The van der Waals surface area contributed by atoms with Crippen LogP contribution in [0.5, 0.6) is 6.01 Å². The molecular formula is C26H26N8O. The van der Waals surface area contributed by atoms with Crippen LogP contribution in [-0.4, -0.2) is 55.1 Å². The highest BCUT2D eigenvalue weighted by Gasteiger charge is 2.26. The lowest BCUT2D eigenvalue weighted by Gasteiger charge is -2.32. The molecule has 5 aromatic rings. The second kappa shape index (κ2) is 8.83. The number of rotatable bonds is 5. The van der Waals surface area contributed by atoms with E-state index in [1.54, 1.807) is 25.8 Å². The molecule has 1 aliphatic heterocycles. The van der Waals surface area contributed by atoms with Crippen LogP contribution >= 0.6 is 0 Å². The maximum absolute atomic E-state index is 5.07. The van der Waals surface area contributed by atoms with Gasteiger partial charge in [0.1, 0.15) is 23.6 Å². The number of nitrogens with one attached hydrogen (secondary N) is 2. The first-order valence-corrected chi connectivity index (χ1v) is 11.8. The van der Waals surface area contributed by atoms with Crippen molar-refractivity contribution in [3.05, 3.63) is 66.6 Å². The van der Waals surface area contributed by atoms with Crippen LogP contribution in [0.4, 0.5) is 5.82 Å². The van der Waals surface area contributed by atoms with Crippen LogP contribution in [0, 0.1) is 6.92 Å². The molecule has 0 radical (unpaired) electrons. The lowest BCUT2D eigenvalue weighted by atomic mass is 9.96. The van der Waals surface area contributed by atoms with Gasteiger partial charge in [0.2, 0.25) is 0 Å². The first kappa shape index (κ1) is 21.3. The van der Waals surface area contributed by atoms with E-state index >= 15 is 0 Å². The molecule has 1 aliphatic rings. The second-order valence-corrected chi connectivity index (χ2v) is 8.81. The Balaban J connectivity index is 1.21. The number of methoxy groups -OCH3 is 1. The standard InChI is InChI=1S/C26H26N8O/c1-16-22(17-6-4-3-5-7-17)33-23(31-16)18-8-10-34(11-9-18)25-20-12-21(32-24(20)29-15-30-25)19-13-27-26(35-2)28-14-19/h3-7,12-15,18H,8-11H2,1-2H3,(H,31,33)(H,29,30,32). The molecule has 4 aromatic heterocycles. The molecule has 0 bridgehead atoms. The molecule has 2 N–H and O–H groups in total. The van der Waals surface area contributed by atoms with Crippen molar-refractivity contribution in [2.45, 2.75) is 25.7 Å². The van der Waals surface area contributed by atoms with Crippen LogP contribution in [0.15, 0.2) is 55.1 Å². The third kappa shape index (κ3) is 3.99. The van der Waals surface area contributed by atoms with Crippen molar-refractivity contribution in [3.63, 3.8) is 0 Å². The number of hydrogen-bond acceptors (Lipinski definition) is 7. The van der Waals surface area contributed by atoms with Crippen molar-refractivity contribution in [2.75, 3.05) is 25.1 Å². The molecule has 9 nitrogen and oxygen atoms in total. The van der Waals surface area contributed by atoms with Gasteiger partial charge in [-0.25, -0.2) is 24.9 Å². The Kier molecular flexibility index (Phi) is 5.36. The Labute approximate surface area is 202 Å². The van der Waals surface area contributed by atoms with Crippen molar-refractivity contribution in [2.24, 2.45) is 0 Å². The fraction of sp³-hybridized carbons (Fsp3) is 0.269. The van der Waals surface area contributed by atoms with Gasteiger partial charge in [-0.1, -0.05) is 30.3 Å². The maximum Gasteiger partial charge on any atom is 0.316 e. The third-order valence-corrected chi connectivity index (χ3v) is 6.67. The number of hydrogen-bond donors (Lipinski definition) is 2. The number of aromatic amines is 2. The molecule has 0 atom stereocenters. The Morgan fingerprint density at radius 1 is 0.943 bits per heavy atom. The molecule has 5 heterocycles. The van der Waals surface area contributed by atoms with Crippen molar-refractivity contribution in [1.29, 1.82) is 0 Å². The number of aromatic nitrogens is 7. The quantitative estimate of drug-likeness (QED) is 0.392. The SMILES string of the molecule is COc1ncc(-c2cc3c(N4CCC(c5nc(C)c(-c6ccccc6)[nH]5)CC4)ncnc3[nH]2)cn1. The molecule has 0 unspecified atom stereocenters. The van der Waals surface area contributed by atoms with Gasteiger partial charge in [-0.2, -0.15) is 0 Å². The van der Waals surface area contributed by atoms with Crippen LogP contribution in [0.3, 0.4) is 0 Å². The molecule has 1 fully saturated rings. The van der Waals surface area contributed by atoms with Gasteiger partial charge in [0.15, 0.2) is 0 Å². The number of nitrogens with zero attached hydrogens (tertiary/aromatic N) is 6. The molecule has 0 amide bonds. The Morgan fingerprint density at radius 2 is 1.71 bits per heavy atom. The lowest BCUT2D eigenvalue weighted by Crippen LogP contribution is -2.33. The summed E-state index contributed by atoms with van der Waals surface area (Å²) in [5, 5.41) is 0.997. The van der Waals surface area contributed by atoms with Crippen molar-refractivity contribution in [3.8, 4) is 28.5 Å². The fourth-order valence-electron chi connectivity index (χ4n) is 4.82. The summed E-state index contributed by atoms with van der Waals surface area (Å²) in [5.74, 6) is 2.43. The highest BCUT2D eigenvalue weighted by molar-refractivity contribution is 5.91. The van der Waals surface area contributed by atoms with E-state index in [0.717, 1.165) is 71.3 Å². The van der Waals surface area contributed by atoms with Gasteiger partial charge in [-0.3, -0.25) is 0 Å². The van der Waals surface area contributed by atoms with E-state index in [1.807, 2.05) is 6.07 Å². The van der Waals surface area contributed by atoms with Gasteiger partial charge < -0.3 is 19.6 Å². The summed E-state index contributed by atoms with van der Waals surface area (Å²) < 4.78 is 5.07. The predicted molar refractivity (Wildman–Crippen MR) is 134 cm³/mol. The highest BCUT2D eigenvalue weighted by atomic mass is 16.5. The molecule has 35 heavy (non-hydrogen) atoms. The van der Waals surface area contributed by atoms with E-state index in [9.17, 15) is 0 Å². The molecule has 9 heteroatoms. The second-order valence-electron chi connectivity index (χ2n) is 8.81. The van der Waals surface area contributed by atoms with E-state index in [2.05, 4.69) is 72.1 Å². The minimum Gasteiger partial charge on any atom is -0.467 e. The Morgan fingerprint density at radius 3 is 2.46 bits per heavy atom. The summed E-state index contributed by atoms with van der Waals surface area (Å²) in [5.41, 5.74) is 5.92. The van der Waals surface area contributed by atoms with Gasteiger partial charge >= 0.3 is 6.01 Å². The highest BCUT2D eigenvalue weighted by Crippen LogP contribution is 2.34. The minimum absolute atomic E-state index is 0.343. The zero-order chi connectivity index (χ0) is 23.8. The normalized spacial score (nSPS) is 14.5. The Bertz CT molecular complexity index is 1450. The molecule has 0 saturated carbocycles. The minimum atomic E-state index is 0.343. The number of anilines is 1. The van der Waals surface area contributed by atoms with Crippen molar-refractivity contribution in [1.82, 2.24) is 34.9 Å². The largest absolute Gasteiger partial charge is 0.467 e. The predicted octanol–water partition coefficient (Wildman–Crippen LogP) is 4.51. The Hall–Kier alpha value is -4.27. The molecule has 0 aliphatic carbocycles. The number of benzene rings is 1. The number of imidazole rings is 1. The van der Waals surface area contributed by atoms with Gasteiger partial charge in [0, 0.05) is 37.0 Å². The molecule has 0 spiro atoms. The van der Waals surface area contributed by atoms with Crippen LogP contribution in [0.1, 0.15) is 30.3 Å². The zero-order valence-corrected chi connectivity index (χ0v) is 19.7. The summed E-state index contributed by atoms with van der Waals surface area (Å²) in [6, 6.07) is 12.8. The smallest absolute Gasteiger partial charge is 0.316 e. The van der Waals surface area contributed by atoms with E-state index in [-0.39, 0.29) is 0 Å². The van der Waals surface area contributed by atoms with Gasteiger partial charge in [-0.15, -0.1) is 0 Å². The van der Waals surface area contributed by atoms with Gasteiger partial charge in [0.05, 0.1) is 29.6 Å². The van der Waals surface area contributed by atoms with E-state index < -0.39 is 0 Å². The average molecular weight is 467 g/mol. The topological polar surface area (TPSA) is 109 Å². The van der Waals surface area contributed by atoms with Crippen molar-refractivity contribution >= 4 is 16.9 Å². The number of aryl methyl sites for hydroxylation is 1. The first-order valence-electron chi connectivity index (χ1n) is 11.8. The van der Waals surface area contributed by atoms with E-state index in [4.69, 9.17) is 9.72 Å².